The molecular weight excluding hydrogens is 349 g/mol. The fraction of sp³-hybridized carbons (Fsp3) is 0.143. The molecule has 0 saturated heterocycles. The van der Waals surface area contributed by atoms with Crippen LogP contribution in [0.15, 0.2) is 40.9 Å². The van der Waals surface area contributed by atoms with Crippen molar-refractivity contribution in [1.82, 2.24) is 0 Å². The second-order valence-corrected chi connectivity index (χ2v) is 5.77. The first-order valence-electron chi connectivity index (χ1n) is 5.57. The van der Waals surface area contributed by atoms with E-state index in [1.54, 1.807) is 19.2 Å². The van der Waals surface area contributed by atoms with Crippen LogP contribution in [0, 0.1) is 0 Å². The lowest BCUT2D eigenvalue weighted by atomic mass is 9.99. The SMILES string of the molecule is COc1cc(Cl)c(C(N)c2ccc(Br)cc2)cc1Cl. The molecule has 0 bridgehead atoms. The highest BCUT2D eigenvalue weighted by Gasteiger charge is 2.15. The van der Waals surface area contributed by atoms with Gasteiger partial charge in [0.15, 0.2) is 0 Å². The lowest BCUT2D eigenvalue weighted by Gasteiger charge is -2.16. The van der Waals surface area contributed by atoms with Crippen LogP contribution in [-0.4, -0.2) is 7.11 Å². The average Bonchev–Trinajstić information content (AvgIpc) is 2.41. The number of methoxy groups -OCH3 is 1. The van der Waals surface area contributed by atoms with Crippen molar-refractivity contribution in [1.29, 1.82) is 0 Å². The summed E-state index contributed by atoms with van der Waals surface area (Å²) in [7, 11) is 1.55. The molecule has 19 heavy (non-hydrogen) atoms. The summed E-state index contributed by atoms with van der Waals surface area (Å²) in [6, 6.07) is 10.9. The molecule has 5 heteroatoms. The molecule has 2 aromatic carbocycles. The number of hydrogen-bond donors (Lipinski definition) is 1. The van der Waals surface area contributed by atoms with Gasteiger partial charge < -0.3 is 10.5 Å². The van der Waals surface area contributed by atoms with Crippen molar-refractivity contribution in [2.24, 2.45) is 5.73 Å². The lowest BCUT2D eigenvalue weighted by Crippen LogP contribution is -2.12. The topological polar surface area (TPSA) is 35.2 Å². The molecule has 2 nitrogen and oxygen atoms in total. The van der Waals surface area contributed by atoms with E-state index < -0.39 is 0 Å². The van der Waals surface area contributed by atoms with Crippen LogP contribution >= 0.6 is 39.1 Å². The van der Waals surface area contributed by atoms with Crippen LogP contribution < -0.4 is 10.5 Å². The van der Waals surface area contributed by atoms with Crippen LogP contribution in [0.3, 0.4) is 0 Å². The Kier molecular flexibility index (Phi) is 4.74. The van der Waals surface area contributed by atoms with E-state index in [-0.39, 0.29) is 6.04 Å². The molecule has 2 N–H and O–H groups in total. The molecule has 0 aliphatic heterocycles. The molecule has 0 amide bonds. The largest absolute Gasteiger partial charge is 0.495 e. The van der Waals surface area contributed by atoms with Gasteiger partial charge >= 0.3 is 0 Å². The zero-order valence-corrected chi connectivity index (χ0v) is 13.3. The van der Waals surface area contributed by atoms with E-state index >= 15 is 0 Å². The van der Waals surface area contributed by atoms with Crippen molar-refractivity contribution in [3.63, 3.8) is 0 Å². The van der Waals surface area contributed by atoms with Gasteiger partial charge in [-0.3, -0.25) is 0 Å². The standard InChI is InChI=1S/C14H12BrCl2NO/c1-19-13-7-11(16)10(6-12(13)17)14(18)8-2-4-9(15)5-3-8/h2-7,14H,18H2,1H3. The van der Waals surface area contributed by atoms with Crippen molar-refractivity contribution in [2.45, 2.75) is 6.04 Å². The molecule has 0 heterocycles. The summed E-state index contributed by atoms with van der Waals surface area (Å²) in [5, 5.41) is 1.03. The summed E-state index contributed by atoms with van der Waals surface area (Å²) in [6.45, 7) is 0. The van der Waals surface area contributed by atoms with Gasteiger partial charge in [-0.15, -0.1) is 0 Å². The summed E-state index contributed by atoms with van der Waals surface area (Å²) in [5.41, 5.74) is 7.97. The second kappa shape index (κ2) is 6.14. The highest BCUT2D eigenvalue weighted by atomic mass is 79.9. The van der Waals surface area contributed by atoms with Gasteiger partial charge in [-0.05, 0) is 29.3 Å². The van der Waals surface area contributed by atoms with Crippen molar-refractivity contribution in [3.05, 3.63) is 62.0 Å². The monoisotopic (exact) mass is 359 g/mol. The molecule has 0 spiro atoms. The van der Waals surface area contributed by atoms with Crippen molar-refractivity contribution in [3.8, 4) is 5.75 Å². The number of benzene rings is 2. The highest BCUT2D eigenvalue weighted by Crippen LogP contribution is 2.35. The third kappa shape index (κ3) is 3.23. The molecule has 2 rings (SSSR count). The summed E-state index contributed by atoms with van der Waals surface area (Å²) >= 11 is 15.7. The van der Waals surface area contributed by atoms with Crippen LogP contribution in [0.5, 0.6) is 5.75 Å². The Morgan fingerprint density at radius 2 is 1.74 bits per heavy atom. The van der Waals surface area contributed by atoms with Gasteiger partial charge in [0.2, 0.25) is 0 Å². The zero-order chi connectivity index (χ0) is 14.0. The molecule has 0 radical (unpaired) electrons. The normalized spacial score (nSPS) is 12.3. The van der Waals surface area contributed by atoms with Gasteiger partial charge in [0.1, 0.15) is 5.75 Å². The zero-order valence-electron chi connectivity index (χ0n) is 10.2. The Balaban J connectivity index is 2.41. The van der Waals surface area contributed by atoms with Crippen molar-refractivity contribution < 1.29 is 4.74 Å². The van der Waals surface area contributed by atoms with Gasteiger partial charge in [-0.25, -0.2) is 0 Å². The third-order valence-electron chi connectivity index (χ3n) is 2.84. The fourth-order valence-corrected chi connectivity index (χ4v) is 2.57. The van der Waals surface area contributed by atoms with Gasteiger partial charge in [0.25, 0.3) is 0 Å². The van der Waals surface area contributed by atoms with Crippen molar-refractivity contribution in [2.75, 3.05) is 7.11 Å². The van der Waals surface area contributed by atoms with Gasteiger partial charge in [0.05, 0.1) is 18.2 Å². The number of ether oxygens (including phenoxy) is 1. The van der Waals surface area contributed by atoms with Gasteiger partial charge in [-0.1, -0.05) is 51.3 Å². The van der Waals surface area contributed by atoms with E-state index in [0.717, 1.165) is 15.6 Å². The molecule has 1 unspecified atom stereocenters. The van der Waals surface area contributed by atoms with Crippen LogP contribution in [-0.2, 0) is 0 Å². The molecule has 2 aromatic rings. The minimum atomic E-state index is -0.330. The first-order valence-corrected chi connectivity index (χ1v) is 7.11. The van der Waals surface area contributed by atoms with E-state index in [1.165, 1.54) is 0 Å². The Bertz CT molecular complexity index is 587. The first kappa shape index (κ1) is 14.7. The predicted molar refractivity (Wildman–Crippen MR) is 83.2 cm³/mol. The summed E-state index contributed by atoms with van der Waals surface area (Å²) in [5.74, 6) is 0.540. The first-order chi connectivity index (χ1) is 9.02. The summed E-state index contributed by atoms with van der Waals surface area (Å²) in [6.07, 6.45) is 0. The molecule has 0 fully saturated rings. The summed E-state index contributed by atoms with van der Waals surface area (Å²) in [4.78, 5) is 0. The van der Waals surface area contributed by atoms with E-state index in [9.17, 15) is 0 Å². The lowest BCUT2D eigenvalue weighted by molar-refractivity contribution is 0.415. The molecule has 0 aliphatic carbocycles. The maximum atomic E-state index is 6.23. The Morgan fingerprint density at radius 3 is 2.32 bits per heavy atom. The molecule has 1 atom stereocenters. The molecular formula is C14H12BrCl2NO. The third-order valence-corrected chi connectivity index (χ3v) is 3.99. The van der Waals surface area contributed by atoms with Crippen LogP contribution in [0.2, 0.25) is 10.0 Å². The molecule has 100 valence electrons. The van der Waals surface area contributed by atoms with Crippen LogP contribution in [0.1, 0.15) is 17.2 Å². The van der Waals surface area contributed by atoms with Crippen molar-refractivity contribution >= 4 is 39.1 Å². The fourth-order valence-electron chi connectivity index (χ4n) is 1.79. The Morgan fingerprint density at radius 1 is 1.11 bits per heavy atom. The second-order valence-electron chi connectivity index (χ2n) is 4.04. The van der Waals surface area contributed by atoms with Crippen LogP contribution in [0.4, 0.5) is 0 Å². The maximum absolute atomic E-state index is 6.23. The van der Waals surface area contributed by atoms with E-state index in [1.807, 2.05) is 24.3 Å². The van der Waals surface area contributed by atoms with Crippen LogP contribution in [0.25, 0.3) is 0 Å². The Labute approximate surface area is 130 Å². The maximum Gasteiger partial charge on any atom is 0.138 e. The smallest absolute Gasteiger partial charge is 0.138 e. The minimum Gasteiger partial charge on any atom is -0.495 e. The highest BCUT2D eigenvalue weighted by molar-refractivity contribution is 9.10. The molecule has 0 aliphatic rings. The van der Waals surface area contributed by atoms with Gasteiger partial charge in [0, 0.05) is 15.6 Å². The van der Waals surface area contributed by atoms with Gasteiger partial charge in [-0.2, -0.15) is 0 Å². The number of halogens is 3. The molecule has 0 aromatic heterocycles. The van der Waals surface area contributed by atoms with E-state index in [2.05, 4.69) is 15.9 Å². The predicted octanol–water partition coefficient (Wildman–Crippen LogP) is 4.81. The number of nitrogens with two attached hydrogens (primary N) is 1. The molecule has 0 saturated carbocycles. The quantitative estimate of drug-likeness (QED) is 0.852. The minimum absolute atomic E-state index is 0.330. The Hall–Kier alpha value is -0.740. The van der Waals surface area contributed by atoms with E-state index in [4.69, 9.17) is 33.7 Å². The average molecular weight is 361 g/mol. The number of hydrogen-bond acceptors (Lipinski definition) is 2. The number of rotatable bonds is 3. The van der Waals surface area contributed by atoms with E-state index in [0.29, 0.717) is 15.8 Å². The summed E-state index contributed by atoms with van der Waals surface area (Å²) < 4.78 is 6.12.